The number of likely N-dealkylation sites (tertiary alicyclic amines) is 1. The maximum absolute atomic E-state index is 11.4. The monoisotopic (exact) mass is 201 g/mol. The van der Waals surface area contributed by atoms with Crippen LogP contribution in [0.25, 0.3) is 0 Å². The van der Waals surface area contributed by atoms with Crippen molar-refractivity contribution in [3.8, 4) is 0 Å². The molecule has 0 spiro atoms. The van der Waals surface area contributed by atoms with Gasteiger partial charge < -0.3 is 14.7 Å². The predicted octanol–water partition coefficient (Wildman–Crippen LogP) is -0.0456. The van der Waals surface area contributed by atoms with E-state index in [1.54, 1.807) is 4.90 Å². The molecule has 1 N–H and O–H groups in total. The molecule has 0 aromatic carbocycles. The third kappa shape index (κ3) is 2.70. The summed E-state index contributed by atoms with van der Waals surface area (Å²) < 4.78 is 5.01. The van der Waals surface area contributed by atoms with Crippen LogP contribution in [0.4, 0.5) is 0 Å². The molecule has 0 bridgehead atoms. The van der Waals surface area contributed by atoms with E-state index in [1.807, 2.05) is 13.8 Å². The number of hydrogen-bond acceptors (Lipinski definition) is 3. The lowest BCUT2D eigenvalue weighted by atomic mass is 10.1. The highest BCUT2D eigenvalue weighted by atomic mass is 16.5. The van der Waals surface area contributed by atoms with E-state index in [0.717, 1.165) is 0 Å². The Bertz CT molecular complexity index is 233. The van der Waals surface area contributed by atoms with Gasteiger partial charge in [-0.3, -0.25) is 4.79 Å². The van der Waals surface area contributed by atoms with Crippen LogP contribution in [0.1, 0.15) is 13.8 Å². The summed E-state index contributed by atoms with van der Waals surface area (Å²) in [5.74, 6) is -0.880. The first kappa shape index (κ1) is 11.0. The Labute approximate surface area is 82.6 Å². The van der Waals surface area contributed by atoms with E-state index in [2.05, 4.69) is 0 Å². The van der Waals surface area contributed by atoms with Gasteiger partial charge in [-0.1, -0.05) is 13.8 Å². The van der Waals surface area contributed by atoms with Crippen molar-refractivity contribution < 1.29 is 19.4 Å². The Morgan fingerprint density at radius 1 is 1.50 bits per heavy atom. The summed E-state index contributed by atoms with van der Waals surface area (Å²) in [6.07, 6.45) is -0.103. The number of carboxylic acid groups (broad SMARTS) is 1. The van der Waals surface area contributed by atoms with E-state index in [-0.39, 0.29) is 24.5 Å². The third-order valence-corrected chi connectivity index (χ3v) is 2.10. The number of carbonyl (C=O) groups is 2. The first-order valence-corrected chi connectivity index (χ1v) is 4.63. The van der Waals surface area contributed by atoms with Crippen LogP contribution >= 0.6 is 0 Å². The van der Waals surface area contributed by atoms with Crippen molar-refractivity contribution in [1.82, 2.24) is 4.90 Å². The minimum atomic E-state index is -0.973. The van der Waals surface area contributed by atoms with E-state index in [0.29, 0.717) is 13.1 Å². The summed E-state index contributed by atoms with van der Waals surface area (Å²) in [6, 6.07) is 0. The largest absolute Gasteiger partial charge is 0.480 e. The Hall–Kier alpha value is -1.10. The highest BCUT2D eigenvalue weighted by Gasteiger charge is 2.32. The molecular formula is C9H15NO4. The van der Waals surface area contributed by atoms with Crippen molar-refractivity contribution in [2.75, 3.05) is 19.7 Å². The average Bonchev–Trinajstić information content (AvgIpc) is 2.00. The van der Waals surface area contributed by atoms with Crippen molar-refractivity contribution in [2.24, 2.45) is 5.92 Å². The van der Waals surface area contributed by atoms with Crippen LogP contribution in [0, 0.1) is 5.92 Å². The first-order valence-electron chi connectivity index (χ1n) is 4.63. The molecule has 5 heteroatoms. The van der Waals surface area contributed by atoms with Gasteiger partial charge in [0, 0.05) is 19.0 Å². The topological polar surface area (TPSA) is 66.8 Å². The summed E-state index contributed by atoms with van der Waals surface area (Å²) in [7, 11) is 0. The molecule has 0 atom stereocenters. The molecule has 80 valence electrons. The summed E-state index contributed by atoms with van der Waals surface area (Å²) >= 11 is 0. The molecule has 0 radical (unpaired) electrons. The molecule has 0 aliphatic carbocycles. The Morgan fingerprint density at radius 3 is 2.50 bits per heavy atom. The molecule has 1 amide bonds. The molecule has 1 rings (SSSR count). The Morgan fingerprint density at radius 2 is 2.07 bits per heavy atom. The molecule has 14 heavy (non-hydrogen) atoms. The van der Waals surface area contributed by atoms with Gasteiger partial charge in [-0.15, -0.1) is 0 Å². The van der Waals surface area contributed by atoms with Crippen LogP contribution in [-0.4, -0.2) is 47.7 Å². The minimum absolute atomic E-state index is 0.00424. The number of carbonyl (C=O) groups excluding carboxylic acids is 1. The SMILES string of the molecule is CC(C)C(=O)N1CC(OCC(=O)O)C1. The molecule has 1 aliphatic heterocycles. The number of hydrogen-bond donors (Lipinski definition) is 1. The second kappa shape index (κ2) is 4.41. The van der Waals surface area contributed by atoms with Crippen molar-refractivity contribution in [3.05, 3.63) is 0 Å². The van der Waals surface area contributed by atoms with Crippen LogP contribution in [0.5, 0.6) is 0 Å². The second-order valence-electron chi connectivity index (χ2n) is 3.72. The average molecular weight is 201 g/mol. The first-order chi connectivity index (χ1) is 6.50. The summed E-state index contributed by atoms with van der Waals surface area (Å²) in [4.78, 5) is 23.2. The lowest BCUT2D eigenvalue weighted by Crippen LogP contribution is -2.56. The van der Waals surface area contributed by atoms with Crippen LogP contribution in [0.2, 0.25) is 0 Å². The third-order valence-electron chi connectivity index (χ3n) is 2.10. The van der Waals surface area contributed by atoms with E-state index in [1.165, 1.54) is 0 Å². The fourth-order valence-electron chi connectivity index (χ4n) is 1.28. The molecule has 1 aliphatic rings. The van der Waals surface area contributed by atoms with Crippen molar-refractivity contribution in [3.63, 3.8) is 0 Å². The Balaban J connectivity index is 2.17. The molecular weight excluding hydrogens is 186 g/mol. The summed E-state index contributed by atoms with van der Waals surface area (Å²) in [6.45, 7) is 4.44. The number of rotatable bonds is 4. The molecule has 0 aromatic rings. The predicted molar refractivity (Wildman–Crippen MR) is 48.8 cm³/mol. The van der Waals surface area contributed by atoms with Crippen molar-refractivity contribution >= 4 is 11.9 Å². The summed E-state index contributed by atoms with van der Waals surface area (Å²) in [5.41, 5.74) is 0. The molecule has 0 aromatic heterocycles. The minimum Gasteiger partial charge on any atom is -0.480 e. The van der Waals surface area contributed by atoms with Gasteiger partial charge in [0.1, 0.15) is 6.61 Å². The zero-order valence-corrected chi connectivity index (χ0v) is 8.40. The van der Waals surface area contributed by atoms with E-state index in [9.17, 15) is 9.59 Å². The summed E-state index contributed by atoms with van der Waals surface area (Å²) in [5, 5.41) is 8.34. The van der Waals surface area contributed by atoms with Gasteiger partial charge in [0.2, 0.25) is 5.91 Å². The standard InChI is InChI=1S/C9H15NO4/c1-6(2)9(13)10-3-7(4-10)14-5-8(11)12/h6-7H,3-5H2,1-2H3,(H,11,12). The van der Waals surface area contributed by atoms with Gasteiger partial charge in [0.05, 0.1) is 6.10 Å². The second-order valence-corrected chi connectivity index (χ2v) is 3.72. The molecule has 1 heterocycles. The zero-order chi connectivity index (χ0) is 10.7. The maximum atomic E-state index is 11.4. The van der Waals surface area contributed by atoms with E-state index >= 15 is 0 Å². The van der Waals surface area contributed by atoms with Crippen molar-refractivity contribution in [2.45, 2.75) is 20.0 Å². The quantitative estimate of drug-likeness (QED) is 0.692. The van der Waals surface area contributed by atoms with Crippen molar-refractivity contribution in [1.29, 1.82) is 0 Å². The van der Waals surface area contributed by atoms with Gasteiger partial charge in [-0.25, -0.2) is 4.79 Å². The number of carboxylic acids is 1. The van der Waals surface area contributed by atoms with Gasteiger partial charge >= 0.3 is 5.97 Å². The van der Waals surface area contributed by atoms with Gasteiger partial charge in [0.15, 0.2) is 0 Å². The smallest absolute Gasteiger partial charge is 0.329 e. The Kier molecular flexibility index (Phi) is 3.46. The fourth-order valence-corrected chi connectivity index (χ4v) is 1.28. The van der Waals surface area contributed by atoms with Crippen LogP contribution in [0.15, 0.2) is 0 Å². The fraction of sp³-hybridized carbons (Fsp3) is 0.778. The van der Waals surface area contributed by atoms with E-state index < -0.39 is 5.97 Å². The highest BCUT2D eigenvalue weighted by Crippen LogP contribution is 2.14. The number of aliphatic carboxylic acids is 1. The van der Waals surface area contributed by atoms with Crippen LogP contribution in [0.3, 0.4) is 0 Å². The number of ether oxygens (including phenoxy) is 1. The van der Waals surface area contributed by atoms with Crippen LogP contribution in [-0.2, 0) is 14.3 Å². The zero-order valence-electron chi connectivity index (χ0n) is 8.40. The normalized spacial score (nSPS) is 16.9. The molecule has 5 nitrogen and oxygen atoms in total. The van der Waals surface area contributed by atoms with Gasteiger partial charge in [-0.05, 0) is 0 Å². The lowest BCUT2D eigenvalue weighted by molar-refractivity contribution is -0.156. The number of nitrogens with zero attached hydrogens (tertiary/aromatic N) is 1. The maximum Gasteiger partial charge on any atom is 0.329 e. The lowest BCUT2D eigenvalue weighted by Gasteiger charge is -2.39. The number of amides is 1. The van der Waals surface area contributed by atoms with Crippen LogP contribution < -0.4 is 0 Å². The molecule has 0 saturated carbocycles. The van der Waals surface area contributed by atoms with E-state index in [4.69, 9.17) is 9.84 Å². The molecule has 0 unspecified atom stereocenters. The molecule has 1 fully saturated rings. The highest BCUT2D eigenvalue weighted by molar-refractivity contribution is 5.79. The van der Waals surface area contributed by atoms with Gasteiger partial charge in [-0.2, -0.15) is 0 Å². The van der Waals surface area contributed by atoms with Gasteiger partial charge in [0.25, 0.3) is 0 Å². The molecule has 1 saturated heterocycles.